The molecule has 1 N–H and O–H groups in total. The van der Waals surface area contributed by atoms with Gasteiger partial charge < -0.3 is 4.74 Å². The molecular weight excluding hydrogens is 386 g/mol. The van der Waals surface area contributed by atoms with Crippen LogP contribution in [0.2, 0.25) is 0 Å². The minimum Gasteiger partial charge on any atom is -0.481 e. The van der Waals surface area contributed by atoms with E-state index < -0.39 is 6.10 Å². The van der Waals surface area contributed by atoms with E-state index >= 15 is 0 Å². The summed E-state index contributed by atoms with van der Waals surface area (Å²) in [7, 11) is 0. The second kappa shape index (κ2) is 8.50. The Morgan fingerprint density at radius 2 is 2.32 bits per heavy atom. The molecule has 5 nitrogen and oxygen atoms in total. The van der Waals surface area contributed by atoms with E-state index in [1.54, 1.807) is 24.8 Å². The highest BCUT2D eigenvalue weighted by Gasteiger charge is 2.17. The quantitative estimate of drug-likeness (QED) is 0.555. The Labute approximate surface area is 146 Å². The fourth-order valence-corrected chi connectivity index (χ4v) is 3.57. The maximum atomic E-state index is 12.1. The lowest BCUT2D eigenvalue weighted by molar-refractivity contribution is -0.122. The first kappa shape index (κ1) is 17.2. The number of rotatable bonds is 7. The van der Waals surface area contributed by atoms with Crippen LogP contribution in [0.1, 0.15) is 20.3 Å². The third-order valence-electron chi connectivity index (χ3n) is 2.54. The molecule has 0 aliphatic carbocycles. The Morgan fingerprint density at radius 3 is 3.05 bits per heavy atom. The Kier molecular flexibility index (Phi) is 6.66. The molecule has 1 aromatic heterocycles. The normalized spacial score (nSPS) is 12.0. The number of carbonyl (C=O) groups is 1. The van der Waals surface area contributed by atoms with Crippen LogP contribution in [0.25, 0.3) is 0 Å². The molecule has 118 valence electrons. The van der Waals surface area contributed by atoms with Crippen molar-refractivity contribution in [1.29, 1.82) is 0 Å². The van der Waals surface area contributed by atoms with Gasteiger partial charge in [0.15, 0.2) is 10.4 Å². The van der Waals surface area contributed by atoms with E-state index in [0.717, 1.165) is 21.0 Å². The lowest BCUT2D eigenvalue weighted by Gasteiger charge is -2.13. The molecular formula is C14H16BrN3O2S2. The number of hydrogen-bond donors (Lipinski definition) is 1. The monoisotopic (exact) mass is 401 g/mol. The summed E-state index contributed by atoms with van der Waals surface area (Å²) in [4.78, 5) is 12.1. The molecule has 0 aliphatic rings. The van der Waals surface area contributed by atoms with Crippen molar-refractivity contribution in [3.63, 3.8) is 0 Å². The van der Waals surface area contributed by atoms with Crippen LogP contribution in [0.4, 0.5) is 5.13 Å². The molecule has 8 heteroatoms. The van der Waals surface area contributed by atoms with Crippen molar-refractivity contribution in [2.24, 2.45) is 0 Å². The summed E-state index contributed by atoms with van der Waals surface area (Å²) in [5.74, 6) is 1.38. The van der Waals surface area contributed by atoms with Crippen LogP contribution in [0.5, 0.6) is 5.75 Å². The number of carbonyl (C=O) groups excluding carboxylic acids is 1. The highest BCUT2D eigenvalue weighted by Crippen LogP contribution is 2.26. The highest BCUT2D eigenvalue weighted by atomic mass is 79.9. The maximum Gasteiger partial charge on any atom is 0.266 e. The predicted molar refractivity (Wildman–Crippen MR) is 93.8 cm³/mol. The Morgan fingerprint density at radius 1 is 1.50 bits per heavy atom. The van der Waals surface area contributed by atoms with E-state index in [0.29, 0.717) is 10.9 Å². The van der Waals surface area contributed by atoms with Gasteiger partial charge in [-0.3, -0.25) is 10.1 Å². The Balaban J connectivity index is 1.89. The van der Waals surface area contributed by atoms with Gasteiger partial charge in [-0.1, -0.05) is 52.0 Å². The molecule has 1 atom stereocenters. The number of amides is 1. The first-order chi connectivity index (χ1) is 10.6. The average molecular weight is 402 g/mol. The first-order valence-corrected chi connectivity index (χ1v) is 9.37. The summed E-state index contributed by atoms with van der Waals surface area (Å²) in [6, 6.07) is 7.37. The smallest absolute Gasteiger partial charge is 0.266 e. The topological polar surface area (TPSA) is 64.1 Å². The highest BCUT2D eigenvalue weighted by molar-refractivity contribution is 9.10. The largest absolute Gasteiger partial charge is 0.481 e. The molecule has 0 saturated carbocycles. The number of halogens is 1. The number of aromatic nitrogens is 2. The van der Waals surface area contributed by atoms with Crippen LogP contribution in [-0.2, 0) is 4.79 Å². The van der Waals surface area contributed by atoms with Gasteiger partial charge in [-0.2, -0.15) is 0 Å². The van der Waals surface area contributed by atoms with Gasteiger partial charge in [-0.15, -0.1) is 10.2 Å². The molecule has 1 amide bonds. The molecule has 0 saturated heterocycles. The number of nitrogens with one attached hydrogen (secondary N) is 1. The van der Waals surface area contributed by atoms with E-state index in [1.807, 2.05) is 18.2 Å². The van der Waals surface area contributed by atoms with Gasteiger partial charge in [-0.05, 0) is 31.5 Å². The number of anilines is 1. The van der Waals surface area contributed by atoms with Crippen molar-refractivity contribution in [1.82, 2.24) is 10.2 Å². The van der Waals surface area contributed by atoms with Gasteiger partial charge in [0.05, 0.1) is 0 Å². The van der Waals surface area contributed by atoms with Gasteiger partial charge >= 0.3 is 0 Å². The zero-order valence-electron chi connectivity index (χ0n) is 12.2. The average Bonchev–Trinajstić information content (AvgIpc) is 2.92. The number of hydrogen-bond acceptors (Lipinski definition) is 6. The molecule has 0 fully saturated rings. The van der Waals surface area contributed by atoms with Crippen molar-refractivity contribution in [2.45, 2.75) is 30.7 Å². The van der Waals surface area contributed by atoms with E-state index in [4.69, 9.17) is 4.74 Å². The number of benzene rings is 1. The SMILES string of the molecule is CCCSc1nnc(NC(=O)C(C)Oc2cccc(Br)c2)s1. The van der Waals surface area contributed by atoms with Crippen LogP contribution in [0.15, 0.2) is 33.1 Å². The molecule has 1 heterocycles. The van der Waals surface area contributed by atoms with E-state index in [-0.39, 0.29) is 5.91 Å². The summed E-state index contributed by atoms with van der Waals surface area (Å²) >= 11 is 6.38. The fourth-order valence-electron chi connectivity index (χ4n) is 1.51. The van der Waals surface area contributed by atoms with Gasteiger partial charge in [0, 0.05) is 10.2 Å². The zero-order valence-corrected chi connectivity index (χ0v) is 15.4. The second-order valence-corrected chi connectivity index (χ2v) is 7.66. The summed E-state index contributed by atoms with van der Waals surface area (Å²) < 4.78 is 7.37. The fraction of sp³-hybridized carbons (Fsp3) is 0.357. The van der Waals surface area contributed by atoms with E-state index in [2.05, 4.69) is 38.4 Å². The predicted octanol–water partition coefficient (Wildman–Crippen LogP) is 4.21. The summed E-state index contributed by atoms with van der Waals surface area (Å²) in [5, 5.41) is 11.2. The van der Waals surface area contributed by atoms with Crippen LogP contribution < -0.4 is 10.1 Å². The molecule has 22 heavy (non-hydrogen) atoms. The zero-order chi connectivity index (χ0) is 15.9. The van der Waals surface area contributed by atoms with Crippen molar-refractivity contribution in [3.8, 4) is 5.75 Å². The van der Waals surface area contributed by atoms with Crippen molar-refractivity contribution in [3.05, 3.63) is 28.7 Å². The third kappa shape index (κ3) is 5.26. The molecule has 2 aromatic rings. The third-order valence-corrected chi connectivity index (χ3v) is 5.22. The minimum absolute atomic E-state index is 0.247. The van der Waals surface area contributed by atoms with Gasteiger partial charge in [0.25, 0.3) is 5.91 Å². The molecule has 0 radical (unpaired) electrons. The van der Waals surface area contributed by atoms with Crippen molar-refractivity contribution in [2.75, 3.05) is 11.1 Å². The van der Waals surface area contributed by atoms with Crippen molar-refractivity contribution < 1.29 is 9.53 Å². The summed E-state index contributed by atoms with van der Waals surface area (Å²) in [6.45, 7) is 3.81. The lowest BCUT2D eigenvalue weighted by Crippen LogP contribution is -2.30. The molecule has 0 spiro atoms. The molecule has 0 bridgehead atoms. The first-order valence-electron chi connectivity index (χ1n) is 6.78. The van der Waals surface area contributed by atoms with Gasteiger partial charge in [-0.25, -0.2) is 0 Å². The van der Waals surface area contributed by atoms with Gasteiger partial charge in [0.2, 0.25) is 5.13 Å². The van der Waals surface area contributed by atoms with Gasteiger partial charge in [0.1, 0.15) is 5.75 Å². The van der Waals surface area contributed by atoms with Crippen LogP contribution in [-0.4, -0.2) is 28.0 Å². The van der Waals surface area contributed by atoms with Crippen LogP contribution in [0.3, 0.4) is 0 Å². The number of ether oxygens (including phenoxy) is 1. The second-order valence-electron chi connectivity index (χ2n) is 4.43. The number of nitrogens with zero attached hydrogens (tertiary/aromatic N) is 2. The molecule has 2 rings (SSSR count). The van der Waals surface area contributed by atoms with E-state index in [9.17, 15) is 4.79 Å². The standard InChI is InChI=1S/C14H16BrN3O2S2/c1-3-7-21-14-18-17-13(22-14)16-12(19)9(2)20-11-6-4-5-10(15)8-11/h4-6,8-9H,3,7H2,1-2H3,(H,16,17,19). The van der Waals surface area contributed by atoms with E-state index in [1.165, 1.54) is 11.3 Å². The molecule has 1 aromatic carbocycles. The van der Waals surface area contributed by atoms with Crippen molar-refractivity contribution >= 4 is 50.1 Å². The Bertz CT molecular complexity index is 636. The van der Waals surface area contributed by atoms with Crippen LogP contribution >= 0.6 is 39.0 Å². The van der Waals surface area contributed by atoms with Crippen LogP contribution in [0, 0.1) is 0 Å². The summed E-state index contributed by atoms with van der Waals surface area (Å²) in [5.41, 5.74) is 0. The molecule has 0 aliphatic heterocycles. The lowest BCUT2D eigenvalue weighted by atomic mass is 10.3. The molecule has 1 unspecified atom stereocenters. The maximum absolute atomic E-state index is 12.1. The Hall–Kier alpha value is -1.12. The minimum atomic E-state index is -0.620. The summed E-state index contributed by atoms with van der Waals surface area (Å²) in [6.07, 6.45) is 0.452. The number of thioether (sulfide) groups is 1.